The number of rotatable bonds is 10. The van der Waals surface area contributed by atoms with Crippen molar-refractivity contribution in [2.45, 2.75) is 39.5 Å². The summed E-state index contributed by atoms with van der Waals surface area (Å²) >= 11 is 5.24. The van der Waals surface area contributed by atoms with Crippen LogP contribution in [0.4, 0.5) is 5.69 Å². The van der Waals surface area contributed by atoms with Gasteiger partial charge in [0.15, 0.2) is 5.11 Å². The molecular formula is C22H28N2O3S. The van der Waals surface area contributed by atoms with Gasteiger partial charge in [0.05, 0.1) is 18.9 Å². The molecule has 2 rings (SSSR count). The molecule has 0 saturated carbocycles. The second-order valence-electron chi connectivity index (χ2n) is 6.47. The van der Waals surface area contributed by atoms with Crippen LogP contribution >= 0.6 is 12.2 Å². The Morgan fingerprint density at radius 1 is 1.00 bits per heavy atom. The molecule has 0 fully saturated rings. The van der Waals surface area contributed by atoms with E-state index in [1.54, 1.807) is 0 Å². The molecule has 2 aromatic carbocycles. The molecule has 6 heteroatoms. The molecule has 0 aliphatic rings. The minimum Gasteiger partial charge on any atom is -0.494 e. The number of amides is 1. The summed E-state index contributed by atoms with van der Waals surface area (Å²) in [6.07, 6.45) is 3.00. The minimum absolute atomic E-state index is 0.144. The molecule has 1 amide bonds. The Bertz CT molecular complexity index is 763. The van der Waals surface area contributed by atoms with Gasteiger partial charge in [-0.15, -0.1) is 0 Å². The fraction of sp³-hybridized carbons (Fsp3) is 0.364. The van der Waals surface area contributed by atoms with E-state index in [9.17, 15) is 4.79 Å². The number of unbranched alkanes of at least 4 members (excludes halogenated alkanes) is 1. The fourth-order valence-corrected chi connectivity index (χ4v) is 2.65. The van der Waals surface area contributed by atoms with Gasteiger partial charge in [-0.3, -0.25) is 4.79 Å². The quantitative estimate of drug-likeness (QED) is 0.441. The van der Waals surface area contributed by atoms with Crippen LogP contribution in [0.15, 0.2) is 48.5 Å². The molecule has 0 aromatic heterocycles. The van der Waals surface area contributed by atoms with Crippen LogP contribution in [0.25, 0.3) is 0 Å². The second-order valence-corrected chi connectivity index (χ2v) is 6.87. The van der Waals surface area contributed by atoms with Crippen molar-refractivity contribution in [3.63, 3.8) is 0 Å². The SMILES string of the molecule is CCCCOc1ccccc1NC(=S)NC(=O)CCCOc1ccc(C)cc1. The number of benzene rings is 2. The molecular weight excluding hydrogens is 372 g/mol. The largest absolute Gasteiger partial charge is 0.494 e. The van der Waals surface area contributed by atoms with Gasteiger partial charge >= 0.3 is 0 Å². The van der Waals surface area contributed by atoms with E-state index in [-0.39, 0.29) is 11.0 Å². The molecule has 2 N–H and O–H groups in total. The Kier molecular flexibility index (Phi) is 9.28. The molecule has 0 saturated heterocycles. The molecule has 0 radical (unpaired) electrons. The van der Waals surface area contributed by atoms with Crippen molar-refractivity contribution in [3.8, 4) is 11.5 Å². The van der Waals surface area contributed by atoms with Gasteiger partial charge < -0.3 is 20.1 Å². The summed E-state index contributed by atoms with van der Waals surface area (Å²) in [7, 11) is 0. The van der Waals surface area contributed by atoms with E-state index < -0.39 is 0 Å². The molecule has 150 valence electrons. The van der Waals surface area contributed by atoms with Crippen molar-refractivity contribution < 1.29 is 14.3 Å². The minimum atomic E-state index is -0.144. The maximum absolute atomic E-state index is 12.1. The van der Waals surface area contributed by atoms with Crippen LogP contribution in [0.1, 0.15) is 38.2 Å². The van der Waals surface area contributed by atoms with Gasteiger partial charge in [0.2, 0.25) is 5.91 Å². The molecule has 5 nitrogen and oxygen atoms in total. The smallest absolute Gasteiger partial charge is 0.226 e. The number of thiocarbonyl (C=S) groups is 1. The van der Waals surface area contributed by atoms with Crippen LogP contribution < -0.4 is 20.1 Å². The predicted octanol–water partition coefficient (Wildman–Crippen LogP) is 4.85. The number of ether oxygens (including phenoxy) is 2. The van der Waals surface area contributed by atoms with Crippen LogP contribution in [0, 0.1) is 6.92 Å². The van der Waals surface area contributed by atoms with E-state index in [1.807, 2.05) is 55.5 Å². The number of hydrogen-bond acceptors (Lipinski definition) is 4. The van der Waals surface area contributed by atoms with Gasteiger partial charge in [-0.1, -0.05) is 43.2 Å². The lowest BCUT2D eigenvalue weighted by atomic mass is 10.2. The average molecular weight is 401 g/mol. The Morgan fingerprint density at radius 2 is 1.71 bits per heavy atom. The van der Waals surface area contributed by atoms with Gasteiger partial charge in [0, 0.05) is 6.42 Å². The van der Waals surface area contributed by atoms with E-state index in [1.165, 1.54) is 5.56 Å². The first-order valence-corrected chi connectivity index (χ1v) is 10.0. The van der Waals surface area contributed by atoms with Crippen molar-refractivity contribution in [3.05, 3.63) is 54.1 Å². The maximum atomic E-state index is 12.1. The van der Waals surface area contributed by atoms with E-state index >= 15 is 0 Å². The van der Waals surface area contributed by atoms with Crippen LogP contribution in [0.2, 0.25) is 0 Å². The Hall–Kier alpha value is -2.60. The zero-order chi connectivity index (χ0) is 20.2. The summed E-state index contributed by atoms with van der Waals surface area (Å²) in [5.41, 5.74) is 1.93. The zero-order valence-corrected chi connectivity index (χ0v) is 17.3. The molecule has 0 bridgehead atoms. The standard InChI is InChI=1S/C22H28N2O3S/c1-3-4-15-27-20-9-6-5-8-19(20)23-22(28)24-21(25)10-7-16-26-18-13-11-17(2)12-14-18/h5-6,8-9,11-14H,3-4,7,10,15-16H2,1-2H3,(H2,23,24,25,28). The first-order valence-electron chi connectivity index (χ1n) is 9.60. The summed E-state index contributed by atoms with van der Waals surface area (Å²) < 4.78 is 11.4. The molecule has 2 aromatic rings. The normalized spacial score (nSPS) is 10.2. The Morgan fingerprint density at radius 3 is 2.46 bits per heavy atom. The molecule has 0 aliphatic heterocycles. The van der Waals surface area contributed by atoms with Gasteiger partial charge in [0.25, 0.3) is 0 Å². The van der Waals surface area contributed by atoms with Crippen molar-refractivity contribution in [2.24, 2.45) is 0 Å². The average Bonchev–Trinajstić information content (AvgIpc) is 2.68. The summed E-state index contributed by atoms with van der Waals surface area (Å²) in [4.78, 5) is 12.1. The summed E-state index contributed by atoms with van der Waals surface area (Å²) in [5, 5.41) is 5.99. The highest BCUT2D eigenvalue weighted by atomic mass is 32.1. The van der Waals surface area contributed by atoms with Crippen LogP contribution in [-0.4, -0.2) is 24.2 Å². The van der Waals surface area contributed by atoms with Crippen molar-refractivity contribution in [1.82, 2.24) is 5.32 Å². The summed E-state index contributed by atoms with van der Waals surface area (Å²) in [6.45, 7) is 5.27. The van der Waals surface area contributed by atoms with Crippen LogP contribution in [-0.2, 0) is 4.79 Å². The molecule has 0 spiro atoms. The third-order valence-corrected chi connectivity index (χ3v) is 4.19. The maximum Gasteiger partial charge on any atom is 0.226 e. The number of para-hydroxylation sites is 2. The number of aryl methyl sites for hydroxylation is 1. The summed E-state index contributed by atoms with van der Waals surface area (Å²) in [6, 6.07) is 15.4. The molecule has 0 unspecified atom stereocenters. The first kappa shape index (κ1) is 21.7. The number of carbonyl (C=O) groups is 1. The van der Waals surface area contributed by atoms with Crippen LogP contribution in [0.3, 0.4) is 0 Å². The second kappa shape index (κ2) is 12.0. The van der Waals surface area contributed by atoms with Crippen LogP contribution in [0.5, 0.6) is 11.5 Å². The molecule has 0 aliphatic carbocycles. The lowest BCUT2D eigenvalue weighted by Gasteiger charge is -2.14. The Labute approximate surface area is 172 Å². The van der Waals surface area contributed by atoms with Gasteiger partial charge in [-0.05, 0) is 56.2 Å². The van der Waals surface area contributed by atoms with E-state index in [0.29, 0.717) is 26.1 Å². The number of nitrogens with one attached hydrogen (secondary N) is 2. The number of carbonyl (C=O) groups excluding carboxylic acids is 1. The van der Waals surface area contributed by atoms with E-state index in [0.717, 1.165) is 30.0 Å². The fourth-order valence-electron chi connectivity index (χ4n) is 2.42. The lowest BCUT2D eigenvalue weighted by Crippen LogP contribution is -2.34. The van der Waals surface area contributed by atoms with Crippen molar-refractivity contribution >= 4 is 28.9 Å². The van der Waals surface area contributed by atoms with Gasteiger partial charge in [-0.2, -0.15) is 0 Å². The number of hydrogen-bond donors (Lipinski definition) is 2. The van der Waals surface area contributed by atoms with Crippen molar-refractivity contribution in [1.29, 1.82) is 0 Å². The third kappa shape index (κ3) is 7.96. The zero-order valence-electron chi connectivity index (χ0n) is 16.5. The first-order chi connectivity index (χ1) is 13.6. The van der Waals surface area contributed by atoms with E-state index in [2.05, 4.69) is 17.6 Å². The molecule has 0 heterocycles. The monoisotopic (exact) mass is 400 g/mol. The molecule has 0 atom stereocenters. The van der Waals surface area contributed by atoms with Gasteiger partial charge in [0.1, 0.15) is 11.5 Å². The number of anilines is 1. The van der Waals surface area contributed by atoms with Crippen molar-refractivity contribution in [2.75, 3.05) is 18.5 Å². The topological polar surface area (TPSA) is 59.6 Å². The third-order valence-electron chi connectivity index (χ3n) is 3.98. The highest BCUT2D eigenvalue weighted by Gasteiger charge is 2.08. The molecule has 28 heavy (non-hydrogen) atoms. The highest BCUT2D eigenvalue weighted by molar-refractivity contribution is 7.80. The highest BCUT2D eigenvalue weighted by Crippen LogP contribution is 2.23. The van der Waals surface area contributed by atoms with E-state index in [4.69, 9.17) is 21.7 Å². The van der Waals surface area contributed by atoms with Gasteiger partial charge in [-0.25, -0.2) is 0 Å². The predicted molar refractivity (Wildman–Crippen MR) is 117 cm³/mol. The lowest BCUT2D eigenvalue weighted by molar-refractivity contribution is -0.119. The summed E-state index contributed by atoms with van der Waals surface area (Å²) in [5.74, 6) is 1.39. The Balaban J connectivity index is 1.70.